The number of rotatable bonds is 4. The van der Waals surface area contributed by atoms with Crippen LogP contribution < -0.4 is 10.5 Å². The first-order chi connectivity index (χ1) is 7.79. The van der Waals surface area contributed by atoms with E-state index in [1.807, 2.05) is 0 Å². The van der Waals surface area contributed by atoms with Crippen molar-refractivity contribution in [3.63, 3.8) is 0 Å². The standard InChI is InChI=1S/C13H19BrClNO/c1-13(2,3)5-4-6-17-12-10(14)7-9(15)8-11(12)16/h7-8H,4-6,16H2,1-3H3. The summed E-state index contributed by atoms with van der Waals surface area (Å²) >= 11 is 9.28. The average molecular weight is 321 g/mol. The van der Waals surface area contributed by atoms with Crippen LogP contribution in [0.1, 0.15) is 33.6 Å². The van der Waals surface area contributed by atoms with Crippen LogP contribution in [0.15, 0.2) is 16.6 Å². The van der Waals surface area contributed by atoms with E-state index in [4.69, 9.17) is 22.1 Å². The molecule has 0 spiro atoms. The van der Waals surface area contributed by atoms with Gasteiger partial charge in [-0.15, -0.1) is 0 Å². The van der Waals surface area contributed by atoms with Crippen molar-refractivity contribution in [2.75, 3.05) is 12.3 Å². The first kappa shape index (κ1) is 14.7. The summed E-state index contributed by atoms with van der Waals surface area (Å²) < 4.78 is 6.49. The maximum Gasteiger partial charge on any atom is 0.156 e. The van der Waals surface area contributed by atoms with Crippen molar-refractivity contribution in [3.8, 4) is 5.75 Å². The molecule has 0 aromatic heterocycles. The van der Waals surface area contributed by atoms with Crippen molar-refractivity contribution < 1.29 is 4.74 Å². The molecule has 2 nitrogen and oxygen atoms in total. The zero-order valence-electron chi connectivity index (χ0n) is 10.5. The SMILES string of the molecule is CC(C)(C)CCCOc1c(N)cc(Cl)cc1Br. The molecular formula is C13H19BrClNO. The summed E-state index contributed by atoms with van der Waals surface area (Å²) in [6, 6.07) is 3.49. The highest BCUT2D eigenvalue weighted by Gasteiger charge is 2.11. The summed E-state index contributed by atoms with van der Waals surface area (Å²) in [4.78, 5) is 0. The topological polar surface area (TPSA) is 35.2 Å². The molecule has 0 saturated carbocycles. The monoisotopic (exact) mass is 319 g/mol. The maximum atomic E-state index is 5.88. The van der Waals surface area contributed by atoms with Crippen LogP contribution in [-0.4, -0.2) is 6.61 Å². The van der Waals surface area contributed by atoms with Gasteiger partial charge in [-0.2, -0.15) is 0 Å². The summed E-state index contributed by atoms with van der Waals surface area (Å²) in [5.74, 6) is 0.684. The van der Waals surface area contributed by atoms with Gasteiger partial charge >= 0.3 is 0 Å². The second kappa shape index (κ2) is 5.96. The largest absolute Gasteiger partial charge is 0.490 e. The molecule has 0 bridgehead atoms. The molecule has 0 amide bonds. The van der Waals surface area contributed by atoms with Gasteiger partial charge < -0.3 is 10.5 Å². The van der Waals surface area contributed by atoms with Crippen molar-refractivity contribution >= 4 is 33.2 Å². The van der Waals surface area contributed by atoms with Crippen LogP contribution in [0.25, 0.3) is 0 Å². The first-order valence-corrected chi connectivity index (χ1v) is 6.84. The summed E-state index contributed by atoms with van der Waals surface area (Å²) in [5.41, 5.74) is 6.76. The Balaban J connectivity index is 2.53. The van der Waals surface area contributed by atoms with Gasteiger partial charge in [-0.3, -0.25) is 0 Å². The number of nitrogen functional groups attached to an aromatic ring is 1. The van der Waals surface area contributed by atoms with Gasteiger partial charge in [0, 0.05) is 5.02 Å². The lowest BCUT2D eigenvalue weighted by Gasteiger charge is -2.18. The predicted molar refractivity (Wildman–Crippen MR) is 77.7 cm³/mol. The van der Waals surface area contributed by atoms with E-state index in [1.165, 1.54) is 0 Å². The molecule has 0 heterocycles. The lowest BCUT2D eigenvalue weighted by molar-refractivity contribution is 0.269. The third-order valence-corrected chi connectivity index (χ3v) is 3.16. The highest BCUT2D eigenvalue weighted by atomic mass is 79.9. The molecule has 1 rings (SSSR count). The number of anilines is 1. The molecule has 0 radical (unpaired) electrons. The molecule has 0 fully saturated rings. The molecule has 0 aliphatic rings. The first-order valence-electron chi connectivity index (χ1n) is 5.67. The molecule has 0 atom stereocenters. The van der Waals surface area contributed by atoms with Crippen LogP contribution in [0.3, 0.4) is 0 Å². The van der Waals surface area contributed by atoms with E-state index in [1.54, 1.807) is 12.1 Å². The lowest BCUT2D eigenvalue weighted by atomic mass is 9.91. The fourth-order valence-electron chi connectivity index (χ4n) is 1.51. The van der Waals surface area contributed by atoms with Gasteiger partial charge in [0.15, 0.2) is 5.75 Å². The number of hydrogen-bond donors (Lipinski definition) is 1. The Morgan fingerprint density at radius 2 is 2.00 bits per heavy atom. The summed E-state index contributed by atoms with van der Waals surface area (Å²) in [7, 11) is 0. The van der Waals surface area contributed by atoms with Gasteiger partial charge in [0.05, 0.1) is 16.8 Å². The molecule has 0 unspecified atom stereocenters. The molecule has 1 aromatic rings. The minimum atomic E-state index is 0.339. The second-order valence-corrected chi connectivity index (χ2v) is 6.61. The highest BCUT2D eigenvalue weighted by molar-refractivity contribution is 9.10. The average Bonchev–Trinajstić information content (AvgIpc) is 2.13. The van der Waals surface area contributed by atoms with E-state index < -0.39 is 0 Å². The van der Waals surface area contributed by atoms with Crippen molar-refractivity contribution in [3.05, 3.63) is 21.6 Å². The van der Waals surface area contributed by atoms with Crippen LogP contribution in [0.4, 0.5) is 5.69 Å². The van der Waals surface area contributed by atoms with Gasteiger partial charge in [0.2, 0.25) is 0 Å². The summed E-state index contributed by atoms with van der Waals surface area (Å²) in [5, 5.41) is 0.608. The van der Waals surface area contributed by atoms with E-state index in [2.05, 4.69) is 36.7 Å². The summed E-state index contributed by atoms with van der Waals surface area (Å²) in [6.07, 6.45) is 2.14. The van der Waals surface area contributed by atoms with E-state index in [-0.39, 0.29) is 0 Å². The Kier molecular flexibility index (Phi) is 5.14. The van der Waals surface area contributed by atoms with E-state index in [9.17, 15) is 0 Å². The molecule has 2 N–H and O–H groups in total. The number of halogens is 2. The Morgan fingerprint density at radius 1 is 1.35 bits per heavy atom. The zero-order chi connectivity index (χ0) is 13.1. The number of benzene rings is 1. The van der Waals surface area contributed by atoms with E-state index in [0.29, 0.717) is 28.5 Å². The van der Waals surface area contributed by atoms with Crippen molar-refractivity contribution in [1.29, 1.82) is 0 Å². The third kappa shape index (κ3) is 5.17. The van der Waals surface area contributed by atoms with Crippen LogP contribution in [-0.2, 0) is 0 Å². The molecule has 1 aromatic carbocycles. The molecule has 0 saturated heterocycles. The molecule has 0 aliphatic heterocycles. The summed E-state index contributed by atoms with van der Waals surface area (Å²) in [6.45, 7) is 7.33. The Bertz CT molecular complexity index is 364. The maximum absolute atomic E-state index is 5.88. The number of nitrogens with two attached hydrogens (primary N) is 1. The van der Waals surface area contributed by atoms with E-state index >= 15 is 0 Å². The van der Waals surface area contributed by atoms with E-state index in [0.717, 1.165) is 17.3 Å². The highest BCUT2D eigenvalue weighted by Crippen LogP contribution is 2.34. The third-order valence-electron chi connectivity index (χ3n) is 2.35. The molecule has 96 valence electrons. The van der Waals surface area contributed by atoms with Crippen molar-refractivity contribution in [2.45, 2.75) is 33.6 Å². The molecule has 0 aliphatic carbocycles. The van der Waals surface area contributed by atoms with Crippen LogP contribution in [0, 0.1) is 5.41 Å². The van der Waals surface area contributed by atoms with Crippen LogP contribution in [0.5, 0.6) is 5.75 Å². The van der Waals surface area contributed by atoms with Crippen LogP contribution in [0.2, 0.25) is 5.02 Å². The number of ether oxygens (including phenoxy) is 1. The Labute approximate surface area is 117 Å². The second-order valence-electron chi connectivity index (χ2n) is 5.32. The van der Waals surface area contributed by atoms with Gasteiger partial charge in [-0.25, -0.2) is 0 Å². The minimum absolute atomic E-state index is 0.339. The van der Waals surface area contributed by atoms with Crippen LogP contribution >= 0.6 is 27.5 Å². The minimum Gasteiger partial charge on any atom is -0.490 e. The molecule has 17 heavy (non-hydrogen) atoms. The van der Waals surface area contributed by atoms with Crippen molar-refractivity contribution in [1.82, 2.24) is 0 Å². The smallest absolute Gasteiger partial charge is 0.156 e. The lowest BCUT2D eigenvalue weighted by Crippen LogP contribution is -2.08. The number of hydrogen-bond acceptors (Lipinski definition) is 2. The predicted octanol–water partition coefficient (Wildman–Crippen LogP) is 4.89. The van der Waals surface area contributed by atoms with Crippen molar-refractivity contribution in [2.24, 2.45) is 5.41 Å². The zero-order valence-corrected chi connectivity index (χ0v) is 12.9. The Morgan fingerprint density at radius 3 is 2.53 bits per heavy atom. The van der Waals surface area contributed by atoms with Gasteiger partial charge in [0.25, 0.3) is 0 Å². The Hall–Kier alpha value is -0.410. The fraction of sp³-hybridized carbons (Fsp3) is 0.538. The quantitative estimate of drug-likeness (QED) is 0.633. The van der Waals surface area contributed by atoms with Gasteiger partial charge in [0.1, 0.15) is 0 Å². The fourth-order valence-corrected chi connectivity index (χ4v) is 2.46. The van der Waals surface area contributed by atoms with Gasteiger partial charge in [-0.1, -0.05) is 32.4 Å². The molecular weight excluding hydrogens is 302 g/mol. The van der Waals surface area contributed by atoms with Gasteiger partial charge in [-0.05, 0) is 46.3 Å². The molecule has 4 heteroatoms. The normalized spacial score (nSPS) is 11.6.